The number of hydrogen-bond acceptors (Lipinski definition) is 2. The third-order valence-corrected chi connectivity index (χ3v) is 4.96. The molecule has 1 fully saturated rings. The number of carbonyl (C=O) groups excluding carboxylic acids is 1. The van der Waals surface area contributed by atoms with Crippen LogP contribution in [0.4, 0.5) is 5.69 Å². The van der Waals surface area contributed by atoms with E-state index in [1.807, 2.05) is 35.4 Å². The minimum Gasteiger partial charge on any atom is -0.311 e. The summed E-state index contributed by atoms with van der Waals surface area (Å²) in [7, 11) is 0. The molecule has 2 aromatic rings. The summed E-state index contributed by atoms with van der Waals surface area (Å²) < 4.78 is 0. The van der Waals surface area contributed by atoms with Crippen molar-refractivity contribution in [2.45, 2.75) is 31.1 Å². The highest BCUT2D eigenvalue weighted by molar-refractivity contribution is 6.03. The Morgan fingerprint density at radius 3 is 2.67 bits per heavy atom. The first-order chi connectivity index (χ1) is 10.3. The summed E-state index contributed by atoms with van der Waals surface area (Å²) in [4.78, 5) is 19.4. The monoisotopic (exact) mass is 278 g/mol. The average molecular weight is 278 g/mol. The molecule has 0 unspecified atom stereocenters. The van der Waals surface area contributed by atoms with Gasteiger partial charge in [0.2, 0.25) is 5.91 Å². The van der Waals surface area contributed by atoms with Gasteiger partial charge in [-0.05, 0) is 36.5 Å². The molecule has 3 heteroatoms. The normalized spacial score (nSPS) is 19.0. The zero-order valence-electron chi connectivity index (χ0n) is 12.0. The van der Waals surface area contributed by atoms with Crippen LogP contribution >= 0.6 is 0 Å². The van der Waals surface area contributed by atoms with Gasteiger partial charge in [-0.25, -0.2) is 0 Å². The first-order valence-corrected chi connectivity index (χ1v) is 7.62. The van der Waals surface area contributed by atoms with E-state index in [-0.39, 0.29) is 11.3 Å². The SMILES string of the molecule is O=C(N1CCc2cnccc21)C1(c2ccccc2)CCC1. The molecule has 0 saturated heterocycles. The predicted molar refractivity (Wildman–Crippen MR) is 82.3 cm³/mol. The fourth-order valence-corrected chi connectivity index (χ4v) is 3.61. The number of hydrogen-bond donors (Lipinski definition) is 0. The van der Waals surface area contributed by atoms with Crippen molar-refractivity contribution in [3.05, 3.63) is 59.9 Å². The minimum absolute atomic E-state index is 0.268. The molecule has 1 aliphatic heterocycles. The molecule has 1 aromatic carbocycles. The summed E-state index contributed by atoms with van der Waals surface area (Å²) in [6.45, 7) is 0.786. The highest BCUT2D eigenvalue weighted by Gasteiger charge is 2.48. The van der Waals surface area contributed by atoms with Gasteiger partial charge >= 0.3 is 0 Å². The van der Waals surface area contributed by atoms with Crippen molar-refractivity contribution < 1.29 is 4.79 Å². The molecule has 3 nitrogen and oxygen atoms in total. The lowest BCUT2D eigenvalue weighted by Crippen LogP contribution is -2.50. The van der Waals surface area contributed by atoms with Crippen molar-refractivity contribution in [1.29, 1.82) is 0 Å². The van der Waals surface area contributed by atoms with Gasteiger partial charge < -0.3 is 4.90 Å². The Bertz CT molecular complexity index is 677. The van der Waals surface area contributed by atoms with Gasteiger partial charge in [0.05, 0.1) is 5.41 Å². The standard InChI is InChI=1S/C18H18N2O/c21-17(20-12-8-14-13-19-11-7-16(14)20)18(9-4-10-18)15-5-2-1-3-6-15/h1-3,5-7,11,13H,4,8-10,12H2. The number of nitrogens with zero attached hydrogens (tertiary/aromatic N) is 2. The van der Waals surface area contributed by atoms with E-state index >= 15 is 0 Å². The maximum atomic E-state index is 13.2. The lowest BCUT2D eigenvalue weighted by molar-refractivity contribution is -0.127. The van der Waals surface area contributed by atoms with Gasteiger partial charge in [0.25, 0.3) is 0 Å². The Morgan fingerprint density at radius 1 is 1.14 bits per heavy atom. The highest BCUT2D eigenvalue weighted by Crippen LogP contribution is 2.46. The number of carbonyl (C=O) groups is 1. The molecular weight excluding hydrogens is 260 g/mol. The van der Waals surface area contributed by atoms with Crippen molar-refractivity contribution in [3.8, 4) is 0 Å². The Hall–Kier alpha value is -2.16. The van der Waals surface area contributed by atoms with Crippen molar-refractivity contribution in [3.63, 3.8) is 0 Å². The van der Waals surface area contributed by atoms with Crippen LogP contribution in [0.5, 0.6) is 0 Å². The van der Waals surface area contributed by atoms with E-state index < -0.39 is 0 Å². The summed E-state index contributed by atoms with van der Waals surface area (Å²) >= 11 is 0. The first kappa shape index (κ1) is 12.6. The molecule has 1 amide bonds. The van der Waals surface area contributed by atoms with Gasteiger partial charge in [0, 0.05) is 24.6 Å². The third-order valence-electron chi connectivity index (χ3n) is 4.96. The molecule has 0 spiro atoms. The van der Waals surface area contributed by atoms with E-state index in [0.717, 1.165) is 37.9 Å². The van der Waals surface area contributed by atoms with Crippen molar-refractivity contribution in [2.24, 2.45) is 0 Å². The number of fused-ring (bicyclic) bond motifs is 1. The summed E-state index contributed by atoms with van der Waals surface area (Å²) in [6, 6.07) is 12.2. The molecule has 2 heterocycles. The topological polar surface area (TPSA) is 33.2 Å². The molecule has 0 atom stereocenters. The number of benzene rings is 1. The quantitative estimate of drug-likeness (QED) is 0.845. The Balaban J connectivity index is 1.72. The molecule has 21 heavy (non-hydrogen) atoms. The van der Waals surface area contributed by atoms with Crippen molar-refractivity contribution in [1.82, 2.24) is 4.98 Å². The van der Waals surface area contributed by atoms with Crippen molar-refractivity contribution in [2.75, 3.05) is 11.4 Å². The van der Waals surface area contributed by atoms with Gasteiger partial charge in [0.15, 0.2) is 0 Å². The van der Waals surface area contributed by atoms with Gasteiger partial charge in [0.1, 0.15) is 0 Å². The molecular formula is C18H18N2O. The maximum Gasteiger partial charge on any atom is 0.237 e. The molecule has 0 radical (unpaired) electrons. The van der Waals surface area contributed by atoms with Crippen molar-refractivity contribution >= 4 is 11.6 Å². The van der Waals surface area contributed by atoms with Crippen LogP contribution in [0.3, 0.4) is 0 Å². The largest absolute Gasteiger partial charge is 0.311 e. The second kappa shape index (κ2) is 4.69. The zero-order chi connectivity index (χ0) is 14.3. The fraction of sp³-hybridized carbons (Fsp3) is 0.333. The molecule has 0 N–H and O–H groups in total. The number of aromatic nitrogens is 1. The Kier molecular flexibility index (Phi) is 2.81. The molecule has 0 bridgehead atoms. The number of amides is 1. The first-order valence-electron chi connectivity index (χ1n) is 7.62. The van der Waals surface area contributed by atoms with Gasteiger partial charge in [-0.3, -0.25) is 9.78 Å². The smallest absolute Gasteiger partial charge is 0.237 e. The van der Waals surface area contributed by atoms with E-state index in [1.165, 1.54) is 11.1 Å². The predicted octanol–water partition coefficient (Wildman–Crippen LogP) is 3.09. The van der Waals surface area contributed by atoms with Crippen LogP contribution in [0.25, 0.3) is 0 Å². The second-order valence-corrected chi connectivity index (χ2v) is 6.01. The van der Waals surface area contributed by atoms with Crippen LogP contribution in [0.1, 0.15) is 30.4 Å². The van der Waals surface area contributed by atoms with Gasteiger partial charge in [-0.1, -0.05) is 36.8 Å². The van der Waals surface area contributed by atoms with Gasteiger partial charge in [-0.2, -0.15) is 0 Å². The maximum absolute atomic E-state index is 13.2. The number of anilines is 1. The minimum atomic E-state index is -0.299. The van der Waals surface area contributed by atoms with Crippen LogP contribution in [0, 0.1) is 0 Å². The van der Waals surface area contributed by atoms with Gasteiger partial charge in [-0.15, -0.1) is 0 Å². The van der Waals surface area contributed by atoms with Crippen LogP contribution < -0.4 is 4.90 Å². The summed E-state index contributed by atoms with van der Waals surface area (Å²) in [5, 5.41) is 0. The van der Waals surface area contributed by atoms with E-state index in [1.54, 1.807) is 6.20 Å². The van der Waals surface area contributed by atoms with E-state index in [9.17, 15) is 4.79 Å². The molecule has 1 aromatic heterocycles. The molecule has 4 rings (SSSR count). The van der Waals surface area contributed by atoms with E-state index in [2.05, 4.69) is 17.1 Å². The number of rotatable bonds is 2. The number of pyridine rings is 1. The van der Waals surface area contributed by atoms with Crippen LogP contribution in [0.15, 0.2) is 48.8 Å². The van der Waals surface area contributed by atoms with Crippen LogP contribution in [-0.4, -0.2) is 17.4 Å². The lowest BCUT2D eigenvalue weighted by Gasteiger charge is -2.43. The summed E-state index contributed by atoms with van der Waals surface area (Å²) in [5.41, 5.74) is 3.11. The second-order valence-electron chi connectivity index (χ2n) is 6.01. The van der Waals surface area contributed by atoms with Crippen LogP contribution in [-0.2, 0) is 16.6 Å². The fourth-order valence-electron chi connectivity index (χ4n) is 3.61. The molecule has 1 aliphatic carbocycles. The molecule has 1 saturated carbocycles. The van der Waals surface area contributed by atoms with E-state index in [4.69, 9.17) is 0 Å². The zero-order valence-corrected chi connectivity index (χ0v) is 12.0. The molecule has 2 aliphatic rings. The van der Waals surface area contributed by atoms with Crippen LogP contribution in [0.2, 0.25) is 0 Å². The Labute approximate surface area is 124 Å². The van der Waals surface area contributed by atoms with E-state index in [0.29, 0.717) is 0 Å². The molecule has 106 valence electrons. The summed E-state index contributed by atoms with van der Waals surface area (Å²) in [6.07, 6.45) is 7.65. The average Bonchev–Trinajstić information content (AvgIpc) is 2.91. The highest BCUT2D eigenvalue weighted by atomic mass is 16.2. The Morgan fingerprint density at radius 2 is 1.95 bits per heavy atom. The summed E-state index contributed by atoms with van der Waals surface area (Å²) in [5.74, 6) is 0.268. The third kappa shape index (κ3) is 1.80. The lowest BCUT2D eigenvalue weighted by atomic mass is 9.63.